The number of carbonyl (C=O) groups is 1. The normalized spacial score (nSPS) is 12.6. The van der Waals surface area contributed by atoms with Crippen LogP contribution in [0.15, 0.2) is 0 Å². The number of nitrogens with one attached hydrogen (secondary N) is 1. The lowest BCUT2D eigenvalue weighted by Crippen LogP contribution is -2.40. The lowest BCUT2D eigenvalue weighted by atomic mass is 9.90. The van der Waals surface area contributed by atoms with Gasteiger partial charge in [-0.3, -0.25) is 4.79 Å². The first kappa shape index (κ1) is 17.4. The van der Waals surface area contributed by atoms with E-state index in [0.717, 1.165) is 13.0 Å². The van der Waals surface area contributed by atoms with Crippen LogP contribution in [0.25, 0.3) is 0 Å². The lowest BCUT2D eigenvalue weighted by molar-refractivity contribution is -0.123. The van der Waals surface area contributed by atoms with E-state index in [9.17, 15) is 4.79 Å². The Morgan fingerprint density at radius 2 is 1.61 bits per heavy atom. The fourth-order valence-corrected chi connectivity index (χ4v) is 1.61. The highest BCUT2D eigenvalue weighted by Crippen LogP contribution is 2.21. The zero-order valence-corrected chi connectivity index (χ0v) is 13.1. The third-order valence-corrected chi connectivity index (χ3v) is 2.45. The topological polar surface area (TPSA) is 38.3 Å². The van der Waals surface area contributed by atoms with Crippen molar-refractivity contribution in [2.75, 3.05) is 13.2 Å². The summed E-state index contributed by atoms with van der Waals surface area (Å²) in [7, 11) is 0. The van der Waals surface area contributed by atoms with Gasteiger partial charge < -0.3 is 10.1 Å². The molecule has 3 nitrogen and oxygen atoms in total. The predicted octanol–water partition coefficient (Wildman–Crippen LogP) is 3.52. The van der Waals surface area contributed by atoms with E-state index >= 15 is 0 Å². The largest absolute Gasteiger partial charge is 0.381 e. The summed E-state index contributed by atoms with van der Waals surface area (Å²) in [5.74, 6) is 0.0668. The maximum absolute atomic E-state index is 11.5. The molecule has 0 saturated heterocycles. The van der Waals surface area contributed by atoms with Crippen molar-refractivity contribution in [2.45, 2.75) is 72.8 Å². The number of hydrogen-bond donors (Lipinski definition) is 1. The highest BCUT2D eigenvalue weighted by molar-refractivity contribution is 5.76. The summed E-state index contributed by atoms with van der Waals surface area (Å²) in [6.07, 6.45) is 3.95. The third kappa shape index (κ3) is 13.5. The van der Waals surface area contributed by atoms with Gasteiger partial charge in [-0.25, -0.2) is 0 Å². The number of rotatable bonds is 7. The molecule has 0 saturated carbocycles. The second-order valence-electron chi connectivity index (χ2n) is 7.18. The molecule has 0 aliphatic rings. The molecule has 3 heteroatoms. The van der Waals surface area contributed by atoms with Crippen LogP contribution >= 0.6 is 0 Å². The summed E-state index contributed by atoms with van der Waals surface area (Å²) in [6.45, 7) is 14.0. The Balaban J connectivity index is 3.39. The molecule has 0 unspecified atom stereocenters. The molecule has 0 aromatic carbocycles. The van der Waals surface area contributed by atoms with Crippen LogP contribution < -0.4 is 5.32 Å². The summed E-state index contributed by atoms with van der Waals surface area (Å²) in [6, 6.07) is 0. The summed E-state index contributed by atoms with van der Waals surface area (Å²) >= 11 is 0. The number of ether oxygens (including phenoxy) is 1. The quantitative estimate of drug-likeness (QED) is 0.709. The average molecular weight is 257 g/mol. The summed E-state index contributed by atoms with van der Waals surface area (Å²) < 4.78 is 5.47. The molecule has 0 bridgehead atoms. The van der Waals surface area contributed by atoms with Crippen LogP contribution in [0.5, 0.6) is 0 Å². The second-order valence-corrected chi connectivity index (χ2v) is 7.18. The van der Waals surface area contributed by atoms with Gasteiger partial charge in [-0.1, -0.05) is 27.2 Å². The summed E-state index contributed by atoms with van der Waals surface area (Å²) in [5, 5.41) is 2.92. The first-order chi connectivity index (χ1) is 8.10. The molecule has 0 spiro atoms. The Labute approximate surface area is 113 Å². The molecule has 108 valence electrons. The predicted molar refractivity (Wildman–Crippen MR) is 76.6 cm³/mol. The van der Waals surface area contributed by atoms with Crippen LogP contribution in [0.3, 0.4) is 0 Å². The molecule has 0 aromatic heterocycles. The molecular formula is C15H31NO2. The monoisotopic (exact) mass is 257 g/mol. The van der Waals surface area contributed by atoms with E-state index in [2.05, 4.69) is 26.1 Å². The molecule has 0 aliphatic heterocycles. The first-order valence-electron chi connectivity index (χ1n) is 6.99. The molecule has 18 heavy (non-hydrogen) atoms. The van der Waals surface area contributed by atoms with Gasteiger partial charge in [0.25, 0.3) is 0 Å². The number of amides is 1. The van der Waals surface area contributed by atoms with Crippen LogP contribution in [0.4, 0.5) is 0 Å². The number of carbonyl (C=O) groups excluding carboxylic acids is 1. The van der Waals surface area contributed by atoms with Crippen molar-refractivity contribution in [1.82, 2.24) is 5.32 Å². The van der Waals surface area contributed by atoms with E-state index in [1.54, 1.807) is 0 Å². The van der Waals surface area contributed by atoms with E-state index < -0.39 is 0 Å². The zero-order chi connectivity index (χ0) is 14.2. The van der Waals surface area contributed by atoms with Gasteiger partial charge in [0.1, 0.15) is 0 Å². The number of hydrogen-bond acceptors (Lipinski definition) is 2. The van der Waals surface area contributed by atoms with Gasteiger partial charge in [0.15, 0.2) is 0 Å². The van der Waals surface area contributed by atoms with Crippen molar-refractivity contribution in [2.24, 2.45) is 5.41 Å². The Morgan fingerprint density at radius 1 is 1.00 bits per heavy atom. The molecule has 0 fully saturated rings. The first-order valence-corrected chi connectivity index (χ1v) is 6.99. The molecule has 0 aromatic rings. The highest BCUT2D eigenvalue weighted by Gasteiger charge is 2.13. The van der Waals surface area contributed by atoms with E-state index in [0.29, 0.717) is 18.4 Å². The van der Waals surface area contributed by atoms with Gasteiger partial charge in [-0.15, -0.1) is 0 Å². The smallest absolute Gasteiger partial charge is 0.222 e. The Kier molecular flexibility index (Phi) is 7.53. The lowest BCUT2D eigenvalue weighted by Gasteiger charge is -2.20. The van der Waals surface area contributed by atoms with Crippen LogP contribution in [0, 0.1) is 5.41 Å². The number of unbranched alkanes of at least 4 members (excludes halogenated alkanes) is 1. The van der Waals surface area contributed by atoms with Crippen molar-refractivity contribution < 1.29 is 9.53 Å². The Morgan fingerprint density at radius 3 is 2.11 bits per heavy atom. The molecule has 0 rings (SSSR count). The molecule has 0 heterocycles. The van der Waals surface area contributed by atoms with Crippen molar-refractivity contribution in [3.05, 3.63) is 0 Å². The van der Waals surface area contributed by atoms with E-state index in [1.165, 1.54) is 12.8 Å². The third-order valence-electron chi connectivity index (χ3n) is 2.45. The molecule has 0 aliphatic carbocycles. The van der Waals surface area contributed by atoms with Crippen molar-refractivity contribution in [3.63, 3.8) is 0 Å². The van der Waals surface area contributed by atoms with Crippen LogP contribution in [0.2, 0.25) is 0 Å². The highest BCUT2D eigenvalue weighted by atomic mass is 16.5. The SMILES string of the molecule is CC(C)(C)CCCCOCCC(=O)NC(C)(C)C. The fourth-order valence-electron chi connectivity index (χ4n) is 1.61. The molecule has 0 atom stereocenters. The van der Waals surface area contributed by atoms with Crippen LogP contribution in [0.1, 0.15) is 67.2 Å². The molecule has 1 N–H and O–H groups in total. The second kappa shape index (κ2) is 7.78. The minimum atomic E-state index is -0.149. The molecular weight excluding hydrogens is 226 g/mol. The summed E-state index contributed by atoms with van der Waals surface area (Å²) in [5.41, 5.74) is 0.260. The van der Waals surface area contributed by atoms with Crippen molar-refractivity contribution >= 4 is 5.91 Å². The Hall–Kier alpha value is -0.570. The fraction of sp³-hybridized carbons (Fsp3) is 0.933. The minimum absolute atomic E-state index is 0.0668. The van der Waals surface area contributed by atoms with E-state index in [4.69, 9.17) is 4.74 Å². The summed E-state index contributed by atoms with van der Waals surface area (Å²) in [4.78, 5) is 11.5. The van der Waals surface area contributed by atoms with Gasteiger partial charge in [-0.05, 0) is 39.0 Å². The van der Waals surface area contributed by atoms with Gasteiger partial charge in [0, 0.05) is 18.6 Å². The van der Waals surface area contributed by atoms with E-state index in [1.807, 2.05) is 20.8 Å². The van der Waals surface area contributed by atoms with Gasteiger partial charge in [0.05, 0.1) is 6.61 Å². The Bertz CT molecular complexity index is 236. The maximum Gasteiger partial charge on any atom is 0.222 e. The zero-order valence-electron chi connectivity index (χ0n) is 13.1. The van der Waals surface area contributed by atoms with Gasteiger partial charge in [0.2, 0.25) is 5.91 Å². The average Bonchev–Trinajstić information content (AvgIpc) is 2.11. The van der Waals surface area contributed by atoms with Crippen molar-refractivity contribution in [3.8, 4) is 0 Å². The van der Waals surface area contributed by atoms with E-state index in [-0.39, 0.29) is 11.4 Å². The maximum atomic E-state index is 11.5. The van der Waals surface area contributed by atoms with Gasteiger partial charge in [-0.2, -0.15) is 0 Å². The van der Waals surface area contributed by atoms with Crippen molar-refractivity contribution in [1.29, 1.82) is 0 Å². The van der Waals surface area contributed by atoms with Crippen LogP contribution in [-0.2, 0) is 9.53 Å². The molecule has 0 radical (unpaired) electrons. The van der Waals surface area contributed by atoms with Crippen LogP contribution in [-0.4, -0.2) is 24.7 Å². The molecule has 1 amide bonds. The standard InChI is InChI=1S/C15H31NO2/c1-14(2,3)10-7-8-11-18-12-9-13(17)16-15(4,5)6/h7-12H2,1-6H3,(H,16,17). The minimum Gasteiger partial charge on any atom is -0.381 e. The van der Waals surface area contributed by atoms with Gasteiger partial charge >= 0.3 is 0 Å².